The lowest BCUT2D eigenvalue weighted by molar-refractivity contribution is 0.0497. The number of carboxylic acid groups (broad SMARTS) is 1. The van der Waals surface area contributed by atoms with Crippen LogP contribution in [0.2, 0.25) is 0 Å². The Balaban J connectivity index is 1.84. The van der Waals surface area contributed by atoms with Crippen LogP contribution in [0, 0.1) is 0 Å². The van der Waals surface area contributed by atoms with Crippen LogP contribution in [0.3, 0.4) is 0 Å². The van der Waals surface area contributed by atoms with Gasteiger partial charge in [0.1, 0.15) is 5.60 Å². The van der Waals surface area contributed by atoms with Crippen LogP contribution >= 0.6 is 11.3 Å². The van der Waals surface area contributed by atoms with Crippen LogP contribution in [-0.4, -0.2) is 34.9 Å². The van der Waals surface area contributed by atoms with Crippen molar-refractivity contribution in [2.45, 2.75) is 64.3 Å². The Morgan fingerprint density at radius 1 is 1.35 bits per heavy atom. The Morgan fingerprint density at radius 2 is 2.04 bits per heavy atom. The molecule has 2 unspecified atom stereocenters. The highest BCUT2D eigenvalue weighted by atomic mass is 32.1. The van der Waals surface area contributed by atoms with Crippen molar-refractivity contribution in [3.8, 4) is 0 Å². The summed E-state index contributed by atoms with van der Waals surface area (Å²) in [7, 11) is 0. The number of alkyl carbamates (subject to hydrolysis) is 1. The van der Waals surface area contributed by atoms with Gasteiger partial charge in [0.05, 0.1) is 5.56 Å². The lowest BCUT2D eigenvalue weighted by atomic mass is 10.1. The minimum atomic E-state index is -0.905. The van der Waals surface area contributed by atoms with Gasteiger partial charge in [0.2, 0.25) is 0 Å². The van der Waals surface area contributed by atoms with E-state index in [1.807, 2.05) is 20.8 Å². The van der Waals surface area contributed by atoms with E-state index in [-0.39, 0.29) is 18.2 Å². The van der Waals surface area contributed by atoms with Crippen molar-refractivity contribution in [2.24, 2.45) is 0 Å². The maximum absolute atomic E-state index is 11.9. The highest BCUT2D eigenvalue weighted by molar-refractivity contribution is 7.10. The second kappa shape index (κ2) is 7.31. The topological polar surface area (TPSA) is 87.7 Å². The standard InChI is InChI=1S/C16H24N2O4S/c1-16(2,3)22-15(21)18-13-6-4-5-12(13)17-8-11-7-10(9-23-11)14(19)20/h7,9,12-13,17H,4-6,8H2,1-3H3,(H,18,21)(H,19,20). The van der Waals surface area contributed by atoms with Crippen LogP contribution in [0.1, 0.15) is 55.3 Å². The Kier molecular flexibility index (Phi) is 5.64. The maximum Gasteiger partial charge on any atom is 0.407 e. The second-order valence-electron chi connectivity index (χ2n) is 6.78. The van der Waals surface area contributed by atoms with Crippen LogP contribution in [0.4, 0.5) is 4.79 Å². The molecule has 1 aliphatic carbocycles. The van der Waals surface area contributed by atoms with E-state index in [0.29, 0.717) is 12.1 Å². The number of nitrogens with one attached hydrogen (secondary N) is 2. The minimum absolute atomic E-state index is 0.0451. The van der Waals surface area contributed by atoms with Crippen molar-refractivity contribution in [3.05, 3.63) is 21.9 Å². The third-order valence-corrected chi connectivity index (χ3v) is 4.59. The van der Waals surface area contributed by atoms with Gasteiger partial charge in [-0.2, -0.15) is 0 Å². The van der Waals surface area contributed by atoms with E-state index in [2.05, 4.69) is 10.6 Å². The highest BCUT2D eigenvalue weighted by Crippen LogP contribution is 2.21. The van der Waals surface area contributed by atoms with Gasteiger partial charge in [-0.05, 0) is 46.1 Å². The molecule has 2 rings (SSSR count). The fourth-order valence-corrected chi connectivity index (χ4v) is 3.46. The summed E-state index contributed by atoms with van der Waals surface area (Å²) in [4.78, 5) is 23.8. The highest BCUT2D eigenvalue weighted by Gasteiger charge is 2.29. The molecule has 1 fully saturated rings. The molecule has 1 saturated carbocycles. The molecule has 6 nitrogen and oxygen atoms in total. The van der Waals surface area contributed by atoms with Crippen LogP contribution in [0.15, 0.2) is 11.4 Å². The maximum atomic E-state index is 11.9. The SMILES string of the molecule is CC(C)(C)OC(=O)NC1CCCC1NCc1cc(C(=O)O)cs1. The summed E-state index contributed by atoms with van der Waals surface area (Å²) in [6, 6.07) is 1.91. The molecule has 0 bridgehead atoms. The van der Waals surface area contributed by atoms with Gasteiger partial charge < -0.3 is 20.5 Å². The molecule has 128 valence electrons. The second-order valence-corrected chi connectivity index (χ2v) is 7.77. The molecule has 1 amide bonds. The largest absolute Gasteiger partial charge is 0.478 e. The van der Waals surface area contributed by atoms with E-state index < -0.39 is 11.6 Å². The number of amides is 1. The summed E-state index contributed by atoms with van der Waals surface area (Å²) in [5, 5.41) is 16.9. The molecule has 0 spiro atoms. The van der Waals surface area contributed by atoms with Crippen molar-refractivity contribution in [3.63, 3.8) is 0 Å². The molecule has 0 saturated heterocycles. The van der Waals surface area contributed by atoms with E-state index in [9.17, 15) is 9.59 Å². The van der Waals surface area contributed by atoms with Crippen LogP contribution in [-0.2, 0) is 11.3 Å². The molecule has 1 aromatic heterocycles. The van der Waals surface area contributed by atoms with E-state index in [1.165, 1.54) is 11.3 Å². The third kappa shape index (κ3) is 5.51. The first-order valence-corrected chi connectivity index (χ1v) is 8.66. The van der Waals surface area contributed by atoms with Gasteiger partial charge in [-0.1, -0.05) is 0 Å². The number of carbonyl (C=O) groups excluding carboxylic acids is 1. The average molecular weight is 340 g/mol. The molecular weight excluding hydrogens is 316 g/mol. The number of carbonyl (C=O) groups is 2. The minimum Gasteiger partial charge on any atom is -0.478 e. The summed E-state index contributed by atoms with van der Waals surface area (Å²) >= 11 is 1.43. The molecule has 2 atom stereocenters. The van der Waals surface area contributed by atoms with Crippen LogP contribution < -0.4 is 10.6 Å². The number of rotatable bonds is 5. The number of hydrogen-bond acceptors (Lipinski definition) is 5. The first-order chi connectivity index (χ1) is 10.7. The van der Waals surface area contributed by atoms with Gasteiger partial charge in [-0.15, -0.1) is 11.3 Å². The molecular formula is C16H24N2O4S. The molecule has 0 aromatic carbocycles. The van der Waals surface area contributed by atoms with E-state index in [0.717, 1.165) is 24.1 Å². The first-order valence-electron chi connectivity index (χ1n) is 7.78. The Labute approximate surface area is 140 Å². The molecule has 7 heteroatoms. The van der Waals surface area contributed by atoms with Gasteiger partial charge >= 0.3 is 12.1 Å². The van der Waals surface area contributed by atoms with Crippen molar-refractivity contribution in [2.75, 3.05) is 0 Å². The quantitative estimate of drug-likeness (QED) is 0.767. The smallest absolute Gasteiger partial charge is 0.407 e. The van der Waals surface area contributed by atoms with Gasteiger partial charge in [-0.3, -0.25) is 0 Å². The third-order valence-electron chi connectivity index (χ3n) is 3.66. The van der Waals surface area contributed by atoms with E-state index in [1.54, 1.807) is 11.4 Å². The molecule has 3 N–H and O–H groups in total. The summed E-state index contributed by atoms with van der Waals surface area (Å²) in [5.41, 5.74) is -0.183. The molecule has 0 radical (unpaired) electrons. The number of hydrogen-bond donors (Lipinski definition) is 3. The van der Waals surface area contributed by atoms with Gasteiger partial charge in [0, 0.05) is 28.9 Å². The number of aromatic carboxylic acids is 1. The predicted molar refractivity (Wildman–Crippen MR) is 88.9 cm³/mol. The molecule has 1 aromatic rings. The fourth-order valence-electron chi connectivity index (χ4n) is 2.65. The van der Waals surface area contributed by atoms with E-state index >= 15 is 0 Å². The number of ether oxygens (including phenoxy) is 1. The van der Waals surface area contributed by atoms with Gasteiger partial charge in [0.25, 0.3) is 0 Å². The normalized spacial score (nSPS) is 21.2. The predicted octanol–water partition coefficient (Wildman–Crippen LogP) is 2.98. The zero-order chi connectivity index (χ0) is 17.0. The number of thiophene rings is 1. The lowest BCUT2D eigenvalue weighted by Gasteiger charge is -2.25. The Morgan fingerprint density at radius 3 is 2.65 bits per heavy atom. The van der Waals surface area contributed by atoms with Crippen LogP contribution in [0.5, 0.6) is 0 Å². The van der Waals surface area contributed by atoms with Crippen molar-refractivity contribution >= 4 is 23.4 Å². The van der Waals surface area contributed by atoms with Gasteiger partial charge in [0.15, 0.2) is 0 Å². The number of carboxylic acids is 1. The Hall–Kier alpha value is -1.60. The molecule has 1 heterocycles. The molecule has 1 aliphatic rings. The van der Waals surface area contributed by atoms with Crippen LogP contribution in [0.25, 0.3) is 0 Å². The van der Waals surface area contributed by atoms with Crippen molar-refractivity contribution in [1.29, 1.82) is 0 Å². The molecule has 0 aliphatic heterocycles. The summed E-state index contributed by atoms with van der Waals surface area (Å²) in [6.07, 6.45) is 2.56. The summed E-state index contributed by atoms with van der Waals surface area (Å²) in [6.45, 7) is 6.13. The summed E-state index contributed by atoms with van der Waals surface area (Å²) < 4.78 is 5.30. The van der Waals surface area contributed by atoms with Crippen molar-refractivity contribution in [1.82, 2.24) is 10.6 Å². The lowest BCUT2D eigenvalue weighted by Crippen LogP contribution is -2.47. The first kappa shape index (κ1) is 17.7. The monoisotopic (exact) mass is 340 g/mol. The Bertz CT molecular complexity index is 565. The molecule has 23 heavy (non-hydrogen) atoms. The summed E-state index contributed by atoms with van der Waals surface area (Å²) in [5.74, 6) is -0.905. The average Bonchev–Trinajstić information content (AvgIpc) is 3.02. The zero-order valence-electron chi connectivity index (χ0n) is 13.7. The zero-order valence-corrected chi connectivity index (χ0v) is 14.5. The fraction of sp³-hybridized carbons (Fsp3) is 0.625. The van der Waals surface area contributed by atoms with E-state index in [4.69, 9.17) is 9.84 Å². The van der Waals surface area contributed by atoms with Crippen molar-refractivity contribution < 1.29 is 19.4 Å². The van der Waals surface area contributed by atoms with Gasteiger partial charge in [-0.25, -0.2) is 9.59 Å².